The van der Waals surface area contributed by atoms with Crippen LogP contribution in [0, 0.1) is 6.92 Å². The van der Waals surface area contributed by atoms with E-state index in [0.29, 0.717) is 34.3 Å². The molecule has 1 aliphatic rings. The molecule has 0 aromatic heterocycles. The number of fused-ring (bicyclic) bond motifs is 1. The Morgan fingerprint density at radius 2 is 2.00 bits per heavy atom. The van der Waals surface area contributed by atoms with Crippen LogP contribution in [-0.4, -0.2) is 19.2 Å². The molecule has 3 amide bonds. The number of urea groups is 1. The zero-order chi connectivity index (χ0) is 16.4. The van der Waals surface area contributed by atoms with Gasteiger partial charge in [0.15, 0.2) is 11.5 Å². The van der Waals surface area contributed by atoms with Crippen LogP contribution in [0.4, 0.5) is 16.2 Å². The SMILES string of the molecule is Cc1ccc(Cl)cc1N(C=O)C(=O)Nc1ccc2c(c1)OCO2. The molecule has 1 heterocycles. The Bertz CT molecular complexity index is 779. The molecule has 0 bridgehead atoms. The summed E-state index contributed by atoms with van der Waals surface area (Å²) in [4.78, 5) is 24.7. The monoisotopic (exact) mass is 332 g/mol. The first-order valence-corrected chi connectivity index (χ1v) is 7.17. The van der Waals surface area contributed by atoms with Gasteiger partial charge in [-0.3, -0.25) is 4.79 Å². The third kappa shape index (κ3) is 3.07. The number of nitrogens with one attached hydrogen (secondary N) is 1. The highest BCUT2D eigenvalue weighted by molar-refractivity contribution is 6.31. The standard InChI is InChI=1S/C16H13ClN2O4/c1-10-2-3-11(17)6-13(10)19(8-20)16(21)18-12-4-5-14-15(7-12)23-9-22-14/h2-8H,9H2,1H3,(H,18,21). The van der Waals surface area contributed by atoms with Gasteiger partial charge in [0.25, 0.3) is 0 Å². The predicted octanol–water partition coefficient (Wildman–Crippen LogP) is 3.57. The molecule has 3 rings (SSSR count). The zero-order valence-electron chi connectivity index (χ0n) is 12.2. The molecule has 2 aromatic carbocycles. The minimum absolute atomic E-state index is 0.148. The fraction of sp³-hybridized carbons (Fsp3) is 0.125. The number of imide groups is 1. The van der Waals surface area contributed by atoms with Crippen molar-refractivity contribution in [3.63, 3.8) is 0 Å². The fourth-order valence-corrected chi connectivity index (χ4v) is 2.38. The molecule has 0 radical (unpaired) electrons. The van der Waals surface area contributed by atoms with E-state index < -0.39 is 6.03 Å². The minimum atomic E-state index is -0.593. The quantitative estimate of drug-likeness (QED) is 0.872. The molecule has 0 saturated carbocycles. The van der Waals surface area contributed by atoms with Crippen LogP contribution in [0.3, 0.4) is 0 Å². The van der Waals surface area contributed by atoms with Crippen LogP contribution in [-0.2, 0) is 4.79 Å². The van der Waals surface area contributed by atoms with Gasteiger partial charge in [-0.15, -0.1) is 0 Å². The largest absolute Gasteiger partial charge is 0.454 e. The minimum Gasteiger partial charge on any atom is -0.454 e. The summed E-state index contributed by atoms with van der Waals surface area (Å²) in [6.07, 6.45) is 0.445. The predicted molar refractivity (Wildman–Crippen MR) is 86.3 cm³/mol. The van der Waals surface area contributed by atoms with E-state index in [1.165, 1.54) is 0 Å². The van der Waals surface area contributed by atoms with Crippen molar-refractivity contribution in [3.8, 4) is 11.5 Å². The lowest BCUT2D eigenvalue weighted by molar-refractivity contribution is -0.106. The molecule has 118 valence electrons. The highest BCUT2D eigenvalue weighted by Gasteiger charge is 2.19. The number of ether oxygens (including phenoxy) is 2. The maximum absolute atomic E-state index is 12.4. The van der Waals surface area contributed by atoms with Crippen molar-refractivity contribution in [2.75, 3.05) is 17.0 Å². The van der Waals surface area contributed by atoms with E-state index in [1.807, 2.05) is 0 Å². The van der Waals surface area contributed by atoms with Crippen LogP contribution in [0.15, 0.2) is 36.4 Å². The number of anilines is 2. The van der Waals surface area contributed by atoms with Gasteiger partial charge in [-0.1, -0.05) is 17.7 Å². The van der Waals surface area contributed by atoms with E-state index in [2.05, 4.69) is 5.32 Å². The van der Waals surface area contributed by atoms with Crippen LogP contribution in [0.2, 0.25) is 5.02 Å². The third-order valence-corrected chi connectivity index (χ3v) is 3.61. The molecule has 1 N–H and O–H groups in total. The van der Waals surface area contributed by atoms with Gasteiger partial charge in [0.05, 0.1) is 5.69 Å². The van der Waals surface area contributed by atoms with Gasteiger partial charge >= 0.3 is 6.03 Å². The Kier molecular flexibility index (Phi) is 4.08. The molecule has 0 saturated heterocycles. The number of halogens is 1. The Morgan fingerprint density at radius 1 is 1.22 bits per heavy atom. The lowest BCUT2D eigenvalue weighted by atomic mass is 10.2. The Labute approximate surface area is 137 Å². The number of rotatable bonds is 3. The molecule has 23 heavy (non-hydrogen) atoms. The number of benzene rings is 2. The van der Waals surface area contributed by atoms with Crippen LogP contribution in [0.25, 0.3) is 0 Å². The van der Waals surface area contributed by atoms with Crippen LogP contribution in [0.1, 0.15) is 5.56 Å². The van der Waals surface area contributed by atoms with Crippen molar-refractivity contribution in [1.29, 1.82) is 0 Å². The number of hydrogen-bond acceptors (Lipinski definition) is 4. The second kappa shape index (κ2) is 6.18. The highest BCUT2D eigenvalue weighted by atomic mass is 35.5. The Morgan fingerprint density at radius 3 is 2.78 bits per heavy atom. The van der Waals surface area contributed by atoms with E-state index in [1.54, 1.807) is 43.3 Å². The highest BCUT2D eigenvalue weighted by Crippen LogP contribution is 2.34. The van der Waals surface area contributed by atoms with Crippen LogP contribution < -0.4 is 19.7 Å². The van der Waals surface area contributed by atoms with Crippen molar-refractivity contribution in [1.82, 2.24) is 0 Å². The van der Waals surface area contributed by atoms with Crippen molar-refractivity contribution in [3.05, 3.63) is 47.0 Å². The number of amides is 3. The number of aryl methyl sites for hydroxylation is 1. The van der Waals surface area contributed by atoms with Gasteiger partial charge in [0, 0.05) is 16.8 Å². The Hall–Kier alpha value is -2.73. The van der Waals surface area contributed by atoms with Gasteiger partial charge in [-0.25, -0.2) is 9.69 Å². The molecule has 0 spiro atoms. The number of hydrogen-bond donors (Lipinski definition) is 1. The molecular formula is C16H13ClN2O4. The summed E-state index contributed by atoms with van der Waals surface area (Å²) < 4.78 is 10.5. The molecule has 0 fully saturated rings. The summed E-state index contributed by atoms with van der Waals surface area (Å²) in [6.45, 7) is 1.94. The van der Waals surface area contributed by atoms with E-state index in [-0.39, 0.29) is 6.79 Å². The van der Waals surface area contributed by atoms with Crippen molar-refractivity contribution in [2.45, 2.75) is 6.92 Å². The molecule has 1 aliphatic heterocycles. The average Bonchev–Trinajstić information content (AvgIpc) is 2.99. The normalized spacial score (nSPS) is 11.9. The fourth-order valence-electron chi connectivity index (χ4n) is 2.21. The van der Waals surface area contributed by atoms with Crippen LogP contribution >= 0.6 is 11.6 Å². The molecule has 0 atom stereocenters. The van der Waals surface area contributed by atoms with Crippen molar-refractivity contribution in [2.24, 2.45) is 0 Å². The topological polar surface area (TPSA) is 67.9 Å². The van der Waals surface area contributed by atoms with E-state index in [4.69, 9.17) is 21.1 Å². The van der Waals surface area contributed by atoms with Gasteiger partial charge in [-0.2, -0.15) is 0 Å². The summed E-state index contributed by atoms with van der Waals surface area (Å²) in [5, 5.41) is 3.08. The summed E-state index contributed by atoms with van der Waals surface area (Å²) >= 11 is 5.94. The lowest BCUT2D eigenvalue weighted by Gasteiger charge is -2.19. The third-order valence-electron chi connectivity index (χ3n) is 3.38. The van der Waals surface area contributed by atoms with Crippen molar-refractivity contribution < 1.29 is 19.1 Å². The smallest absolute Gasteiger partial charge is 0.332 e. The average molecular weight is 333 g/mol. The maximum Gasteiger partial charge on any atom is 0.332 e. The second-order valence-corrected chi connectivity index (χ2v) is 5.34. The first-order valence-electron chi connectivity index (χ1n) is 6.80. The molecule has 7 heteroatoms. The Balaban J connectivity index is 1.83. The lowest BCUT2D eigenvalue weighted by Crippen LogP contribution is -2.34. The van der Waals surface area contributed by atoms with E-state index >= 15 is 0 Å². The van der Waals surface area contributed by atoms with E-state index in [9.17, 15) is 9.59 Å². The molecule has 0 unspecified atom stereocenters. The summed E-state index contributed by atoms with van der Waals surface area (Å²) in [7, 11) is 0. The summed E-state index contributed by atoms with van der Waals surface area (Å²) in [6, 6.07) is 9.39. The summed E-state index contributed by atoms with van der Waals surface area (Å²) in [5.74, 6) is 1.15. The second-order valence-electron chi connectivity index (χ2n) is 4.90. The van der Waals surface area contributed by atoms with Gasteiger partial charge in [-0.05, 0) is 36.8 Å². The number of carbonyl (C=O) groups excluding carboxylic acids is 2. The molecular weight excluding hydrogens is 320 g/mol. The van der Waals surface area contributed by atoms with E-state index in [0.717, 1.165) is 10.5 Å². The van der Waals surface area contributed by atoms with Gasteiger partial charge in [0.2, 0.25) is 13.2 Å². The molecule has 2 aromatic rings. The number of nitrogens with zero attached hydrogens (tertiary/aromatic N) is 1. The van der Waals surface area contributed by atoms with Gasteiger partial charge < -0.3 is 14.8 Å². The molecule has 0 aliphatic carbocycles. The van der Waals surface area contributed by atoms with Crippen molar-refractivity contribution >= 4 is 35.4 Å². The summed E-state index contributed by atoms with van der Waals surface area (Å²) in [5.41, 5.74) is 1.67. The maximum atomic E-state index is 12.4. The zero-order valence-corrected chi connectivity index (χ0v) is 13.0. The molecule has 6 nitrogen and oxygen atoms in total. The first kappa shape index (κ1) is 15.2. The van der Waals surface area contributed by atoms with Gasteiger partial charge in [0.1, 0.15) is 0 Å². The van der Waals surface area contributed by atoms with Crippen LogP contribution in [0.5, 0.6) is 11.5 Å². The first-order chi connectivity index (χ1) is 11.1. The number of carbonyl (C=O) groups is 2.